The minimum absolute atomic E-state index is 0.123. The Bertz CT molecular complexity index is 924. The number of nitrogens with zero attached hydrogens (tertiary/aromatic N) is 1. The van der Waals surface area contributed by atoms with Gasteiger partial charge in [0.15, 0.2) is 5.76 Å². The molecule has 1 atom stereocenters. The number of likely N-dealkylation sites (tertiary alicyclic amines) is 1. The van der Waals surface area contributed by atoms with Crippen molar-refractivity contribution >= 4 is 40.7 Å². The molecule has 1 aromatic carbocycles. The number of nitrogens with one attached hydrogen (secondary N) is 2. The second kappa shape index (κ2) is 8.29. The lowest BCUT2D eigenvalue weighted by Crippen LogP contribution is -2.44. The first-order valence-electron chi connectivity index (χ1n) is 9.75. The van der Waals surface area contributed by atoms with Crippen LogP contribution in [0.15, 0.2) is 41.0 Å². The zero-order valence-corrected chi connectivity index (χ0v) is 16.6. The number of amides is 3. The molecule has 8 heteroatoms. The Labute approximate surface area is 173 Å². The highest BCUT2D eigenvalue weighted by Gasteiger charge is 2.36. The average molecular weight is 416 g/mol. The molecule has 1 saturated heterocycles. The van der Waals surface area contributed by atoms with E-state index in [9.17, 15) is 14.4 Å². The van der Waals surface area contributed by atoms with Crippen molar-refractivity contribution in [1.29, 1.82) is 0 Å². The first kappa shape index (κ1) is 19.5. The SMILES string of the molecule is O=C(Nc1ccc(NC(=O)C2CCCN(C(=O)C3CC3)C2)cc1Cl)c1ccco1. The highest BCUT2D eigenvalue weighted by atomic mass is 35.5. The molecule has 2 heterocycles. The molecule has 152 valence electrons. The molecule has 2 N–H and O–H groups in total. The summed E-state index contributed by atoms with van der Waals surface area (Å²) < 4.78 is 5.05. The van der Waals surface area contributed by atoms with Crippen molar-refractivity contribution in [2.45, 2.75) is 25.7 Å². The van der Waals surface area contributed by atoms with E-state index < -0.39 is 5.91 Å². The van der Waals surface area contributed by atoms with E-state index in [-0.39, 0.29) is 29.4 Å². The number of hydrogen-bond donors (Lipinski definition) is 2. The average Bonchev–Trinajstić information content (AvgIpc) is 3.42. The number of piperidine rings is 1. The highest BCUT2D eigenvalue weighted by Crippen LogP contribution is 2.33. The number of carbonyl (C=O) groups is 3. The second-order valence-electron chi connectivity index (χ2n) is 7.51. The molecule has 0 bridgehead atoms. The molecule has 1 aliphatic heterocycles. The Morgan fingerprint density at radius 3 is 2.59 bits per heavy atom. The lowest BCUT2D eigenvalue weighted by Gasteiger charge is -2.32. The zero-order chi connectivity index (χ0) is 20.4. The van der Waals surface area contributed by atoms with Gasteiger partial charge < -0.3 is 20.0 Å². The number of hydrogen-bond acceptors (Lipinski definition) is 4. The molecule has 0 spiro atoms. The molecule has 29 heavy (non-hydrogen) atoms. The maximum absolute atomic E-state index is 12.7. The molecular formula is C21H22ClN3O4. The van der Waals surface area contributed by atoms with Crippen LogP contribution in [0.2, 0.25) is 5.02 Å². The van der Waals surface area contributed by atoms with Crippen molar-refractivity contribution < 1.29 is 18.8 Å². The van der Waals surface area contributed by atoms with Crippen LogP contribution in [0.5, 0.6) is 0 Å². The third-order valence-corrected chi connectivity index (χ3v) is 5.57. The third-order valence-electron chi connectivity index (χ3n) is 5.26. The summed E-state index contributed by atoms with van der Waals surface area (Å²) in [6.07, 6.45) is 4.93. The van der Waals surface area contributed by atoms with Crippen molar-refractivity contribution in [2.24, 2.45) is 11.8 Å². The predicted octanol–water partition coefficient (Wildman–Crippen LogP) is 3.77. The summed E-state index contributed by atoms with van der Waals surface area (Å²) in [6, 6.07) is 8.08. The van der Waals surface area contributed by atoms with Crippen LogP contribution in [-0.2, 0) is 9.59 Å². The van der Waals surface area contributed by atoms with E-state index in [1.807, 2.05) is 4.90 Å². The third kappa shape index (κ3) is 4.62. The molecule has 7 nitrogen and oxygen atoms in total. The number of rotatable bonds is 5. The smallest absolute Gasteiger partial charge is 0.291 e. The fraction of sp³-hybridized carbons (Fsp3) is 0.381. The van der Waals surface area contributed by atoms with Crippen molar-refractivity contribution in [3.63, 3.8) is 0 Å². The first-order chi connectivity index (χ1) is 14.0. The lowest BCUT2D eigenvalue weighted by atomic mass is 9.96. The fourth-order valence-corrected chi connectivity index (χ4v) is 3.74. The molecule has 2 aliphatic rings. The molecular weight excluding hydrogens is 394 g/mol. The van der Waals surface area contributed by atoms with Crippen LogP contribution >= 0.6 is 11.6 Å². The Hall–Kier alpha value is -2.80. The predicted molar refractivity (Wildman–Crippen MR) is 109 cm³/mol. The van der Waals surface area contributed by atoms with Crippen molar-refractivity contribution in [3.8, 4) is 0 Å². The van der Waals surface area contributed by atoms with Crippen LogP contribution in [0.25, 0.3) is 0 Å². The van der Waals surface area contributed by atoms with Crippen LogP contribution in [0.3, 0.4) is 0 Å². The Balaban J connectivity index is 1.36. The summed E-state index contributed by atoms with van der Waals surface area (Å²) >= 11 is 6.26. The normalized spacial score (nSPS) is 18.9. The highest BCUT2D eigenvalue weighted by molar-refractivity contribution is 6.34. The van der Waals surface area contributed by atoms with Crippen LogP contribution < -0.4 is 10.6 Å². The van der Waals surface area contributed by atoms with Crippen LogP contribution in [0.4, 0.5) is 11.4 Å². The van der Waals surface area contributed by atoms with Crippen molar-refractivity contribution in [1.82, 2.24) is 4.90 Å². The number of carbonyl (C=O) groups excluding carboxylic acids is 3. The largest absolute Gasteiger partial charge is 0.459 e. The number of halogens is 1. The molecule has 4 rings (SSSR count). The van der Waals surface area contributed by atoms with Crippen molar-refractivity contribution in [2.75, 3.05) is 23.7 Å². The summed E-state index contributed by atoms with van der Waals surface area (Å²) in [5.74, 6) is -0.232. The van der Waals surface area contributed by atoms with Crippen LogP contribution in [0, 0.1) is 11.8 Å². The van der Waals surface area contributed by atoms with Gasteiger partial charge >= 0.3 is 0 Å². The summed E-state index contributed by atoms with van der Waals surface area (Å²) in [5.41, 5.74) is 0.964. The van der Waals surface area contributed by atoms with Gasteiger partial charge in [-0.3, -0.25) is 14.4 Å². The van der Waals surface area contributed by atoms with Gasteiger partial charge in [0.2, 0.25) is 11.8 Å². The first-order valence-corrected chi connectivity index (χ1v) is 10.1. The van der Waals surface area contributed by atoms with E-state index in [0.29, 0.717) is 22.9 Å². The minimum atomic E-state index is -0.406. The molecule has 1 unspecified atom stereocenters. The topological polar surface area (TPSA) is 91.7 Å². The monoisotopic (exact) mass is 415 g/mol. The molecule has 0 radical (unpaired) electrons. The van der Waals surface area contributed by atoms with Gasteiger partial charge in [-0.15, -0.1) is 0 Å². The summed E-state index contributed by atoms with van der Waals surface area (Å²) in [7, 11) is 0. The molecule has 2 aromatic rings. The van der Waals surface area contributed by atoms with Gasteiger partial charge in [0.1, 0.15) is 0 Å². The minimum Gasteiger partial charge on any atom is -0.459 e. The molecule has 1 saturated carbocycles. The maximum Gasteiger partial charge on any atom is 0.291 e. The Morgan fingerprint density at radius 1 is 1.07 bits per heavy atom. The number of furan rings is 1. The van der Waals surface area contributed by atoms with Gasteiger partial charge in [0, 0.05) is 24.7 Å². The van der Waals surface area contributed by atoms with Crippen LogP contribution in [-0.4, -0.2) is 35.7 Å². The number of anilines is 2. The molecule has 1 aromatic heterocycles. The summed E-state index contributed by atoms with van der Waals surface area (Å²) in [4.78, 5) is 38.8. The second-order valence-corrected chi connectivity index (χ2v) is 7.92. The van der Waals surface area contributed by atoms with Crippen molar-refractivity contribution in [3.05, 3.63) is 47.4 Å². The molecule has 3 amide bonds. The molecule has 1 aliphatic carbocycles. The summed E-state index contributed by atoms with van der Waals surface area (Å²) in [6.45, 7) is 1.20. The standard InChI is InChI=1S/C21H22ClN3O4/c22-16-11-15(7-8-17(16)24-20(27)18-4-2-10-29-18)23-19(26)14-3-1-9-25(12-14)21(28)13-5-6-13/h2,4,7-8,10-11,13-14H,1,3,5-6,9,12H2,(H,23,26)(H,24,27). The van der Waals surface area contributed by atoms with Gasteiger partial charge in [-0.2, -0.15) is 0 Å². The zero-order valence-electron chi connectivity index (χ0n) is 15.8. The van der Waals surface area contributed by atoms with E-state index in [4.69, 9.17) is 16.0 Å². The van der Waals surface area contributed by atoms with Gasteiger partial charge in [-0.1, -0.05) is 11.6 Å². The lowest BCUT2D eigenvalue weighted by molar-refractivity contribution is -0.135. The fourth-order valence-electron chi connectivity index (χ4n) is 3.51. The Morgan fingerprint density at radius 2 is 1.90 bits per heavy atom. The maximum atomic E-state index is 12.7. The Kier molecular flexibility index (Phi) is 5.58. The van der Waals surface area contributed by atoms with Crippen LogP contribution in [0.1, 0.15) is 36.2 Å². The number of benzene rings is 1. The van der Waals surface area contributed by atoms with E-state index in [0.717, 1.165) is 32.2 Å². The van der Waals surface area contributed by atoms with Gasteiger partial charge in [-0.25, -0.2) is 0 Å². The van der Waals surface area contributed by atoms with E-state index >= 15 is 0 Å². The quantitative estimate of drug-likeness (QED) is 0.777. The van der Waals surface area contributed by atoms with Gasteiger partial charge in [-0.05, 0) is 56.0 Å². The summed E-state index contributed by atoms with van der Waals surface area (Å²) in [5, 5.41) is 5.84. The van der Waals surface area contributed by atoms with E-state index in [1.165, 1.54) is 6.26 Å². The van der Waals surface area contributed by atoms with E-state index in [1.54, 1.807) is 30.3 Å². The van der Waals surface area contributed by atoms with E-state index in [2.05, 4.69) is 10.6 Å². The van der Waals surface area contributed by atoms with Gasteiger partial charge in [0.05, 0.1) is 22.9 Å². The van der Waals surface area contributed by atoms with Gasteiger partial charge in [0.25, 0.3) is 5.91 Å². The molecule has 2 fully saturated rings.